The highest BCUT2D eigenvalue weighted by molar-refractivity contribution is 5.50. The van der Waals surface area contributed by atoms with Gasteiger partial charge in [-0.3, -0.25) is 4.90 Å². The summed E-state index contributed by atoms with van der Waals surface area (Å²) in [6, 6.07) is 14.6. The van der Waals surface area contributed by atoms with Crippen LogP contribution in [0, 0.1) is 0 Å². The topological polar surface area (TPSA) is 77.8 Å². The molecule has 1 saturated heterocycles. The van der Waals surface area contributed by atoms with Gasteiger partial charge in [0.25, 0.3) is 0 Å². The number of tetrazole rings is 1. The normalized spacial score (nSPS) is 18.1. The van der Waals surface area contributed by atoms with Gasteiger partial charge in [0.1, 0.15) is 23.3 Å². The number of rotatable bonds is 8. The number of nitrogens with zero attached hydrogens (tertiary/aromatic N) is 6. The first kappa shape index (κ1) is 24.4. The Kier molecular flexibility index (Phi) is 7.55. The summed E-state index contributed by atoms with van der Waals surface area (Å²) in [4.78, 5) is 4.90. The van der Waals surface area contributed by atoms with E-state index in [0.717, 1.165) is 67.7 Å². The van der Waals surface area contributed by atoms with Crippen molar-refractivity contribution in [2.45, 2.75) is 44.2 Å². The quantitative estimate of drug-likeness (QED) is 0.465. The molecular weight excluding hydrogens is 456 g/mol. The third-order valence-electron chi connectivity index (χ3n) is 7.54. The van der Waals surface area contributed by atoms with E-state index in [1.165, 1.54) is 24.9 Å². The van der Waals surface area contributed by atoms with E-state index in [1.807, 2.05) is 24.3 Å². The number of methoxy groups -OCH3 is 3. The lowest BCUT2D eigenvalue weighted by Crippen LogP contribution is -2.48. The van der Waals surface area contributed by atoms with E-state index in [9.17, 15) is 0 Å². The van der Waals surface area contributed by atoms with E-state index in [2.05, 4.69) is 48.2 Å². The van der Waals surface area contributed by atoms with Crippen LogP contribution in [0.25, 0.3) is 0 Å². The molecule has 9 nitrogen and oxygen atoms in total. The maximum Gasteiger partial charge on any atom is 0.173 e. The summed E-state index contributed by atoms with van der Waals surface area (Å²) in [5.74, 6) is 3.32. The predicted octanol–water partition coefficient (Wildman–Crippen LogP) is 4.12. The third-order valence-corrected chi connectivity index (χ3v) is 7.54. The Balaban J connectivity index is 1.45. The fraction of sp³-hybridized carbons (Fsp3) is 0.519. The van der Waals surface area contributed by atoms with Crippen molar-refractivity contribution >= 4 is 5.69 Å². The molecule has 1 aromatic heterocycles. The van der Waals surface area contributed by atoms with Gasteiger partial charge in [0.15, 0.2) is 5.82 Å². The number of anilines is 1. The third kappa shape index (κ3) is 4.97. The van der Waals surface area contributed by atoms with Crippen LogP contribution in [-0.2, 0) is 0 Å². The fourth-order valence-electron chi connectivity index (χ4n) is 5.54. The molecule has 9 heteroatoms. The summed E-state index contributed by atoms with van der Waals surface area (Å²) in [5, 5.41) is 13.2. The molecule has 3 aromatic rings. The Hall–Kier alpha value is -3.33. The van der Waals surface area contributed by atoms with E-state index in [-0.39, 0.29) is 6.04 Å². The second kappa shape index (κ2) is 11.2. The lowest BCUT2D eigenvalue weighted by Gasteiger charge is -2.40. The number of ether oxygens (including phenoxy) is 3. The van der Waals surface area contributed by atoms with Gasteiger partial charge in [0, 0.05) is 43.5 Å². The Morgan fingerprint density at radius 1 is 0.806 bits per heavy atom. The second-order valence-corrected chi connectivity index (χ2v) is 9.50. The van der Waals surface area contributed by atoms with Crippen LogP contribution in [0.4, 0.5) is 5.69 Å². The van der Waals surface area contributed by atoms with Gasteiger partial charge < -0.3 is 19.1 Å². The zero-order chi connectivity index (χ0) is 24.9. The van der Waals surface area contributed by atoms with Crippen molar-refractivity contribution in [3.8, 4) is 17.2 Å². The number of hydrogen-bond acceptors (Lipinski definition) is 8. The Bertz CT molecular complexity index is 1120. The van der Waals surface area contributed by atoms with Crippen LogP contribution in [0.15, 0.2) is 42.5 Å². The molecule has 0 bridgehead atoms. The van der Waals surface area contributed by atoms with Gasteiger partial charge in [0.2, 0.25) is 0 Å². The molecule has 1 saturated carbocycles. The molecule has 2 heterocycles. The average Bonchev–Trinajstić information content (AvgIpc) is 3.44. The molecular formula is C27H36N6O3. The molecule has 36 heavy (non-hydrogen) atoms. The molecule has 2 aromatic carbocycles. The predicted molar refractivity (Wildman–Crippen MR) is 138 cm³/mol. The maximum atomic E-state index is 5.85. The van der Waals surface area contributed by atoms with Gasteiger partial charge >= 0.3 is 0 Å². The molecule has 2 aliphatic rings. The summed E-state index contributed by atoms with van der Waals surface area (Å²) in [7, 11) is 5.08. The summed E-state index contributed by atoms with van der Waals surface area (Å²) in [6.07, 6.45) is 5.98. The molecule has 5 rings (SSSR count). The van der Waals surface area contributed by atoms with Crippen molar-refractivity contribution in [3.05, 3.63) is 53.9 Å². The Morgan fingerprint density at radius 3 is 2.17 bits per heavy atom. The highest BCUT2D eigenvalue weighted by Crippen LogP contribution is 2.39. The van der Waals surface area contributed by atoms with Gasteiger partial charge in [0.05, 0.1) is 27.4 Å². The zero-order valence-corrected chi connectivity index (χ0v) is 21.5. The first-order valence-corrected chi connectivity index (χ1v) is 12.8. The number of benzene rings is 2. The molecule has 0 N–H and O–H groups in total. The van der Waals surface area contributed by atoms with E-state index in [0.29, 0.717) is 6.04 Å². The molecule has 0 unspecified atom stereocenters. The SMILES string of the molecule is COc1ccc(N2CCN([C@@H](c3ccc(OC)cc3OC)c3nnnn3C3CCCCC3)CC2)cc1. The van der Waals surface area contributed by atoms with Gasteiger partial charge in [-0.15, -0.1) is 5.10 Å². The van der Waals surface area contributed by atoms with E-state index in [1.54, 1.807) is 21.3 Å². The maximum absolute atomic E-state index is 5.85. The van der Waals surface area contributed by atoms with E-state index >= 15 is 0 Å². The first-order chi connectivity index (χ1) is 17.7. The Morgan fingerprint density at radius 2 is 1.50 bits per heavy atom. The molecule has 2 fully saturated rings. The summed E-state index contributed by atoms with van der Waals surface area (Å²) < 4.78 is 18.7. The van der Waals surface area contributed by atoms with Crippen LogP contribution >= 0.6 is 0 Å². The van der Waals surface area contributed by atoms with Crippen molar-refractivity contribution in [2.75, 3.05) is 52.4 Å². The second-order valence-electron chi connectivity index (χ2n) is 9.50. The van der Waals surface area contributed by atoms with Crippen molar-refractivity contribution in [2.24, 2.45) is 0 Å². The molecule has 1 atom stereocenters. The minimum Gasteiger partial charge on any atom is -0.497 e. The van der Waals surface area contributed by atoms with Crippen molar-refractivity contribution in [1.29, 1.82) is 0 Å². The van der Waals surface area contributed by atoms with Crippen LogP contribution in [0.5, 0.6) is 17.2 Å². The molecule has 1 aliphatic carbocycles. The summed E-state index contributed by atoms with van der Waals surface area (Å²) in [5.41, 5.74) is 2.27. The van der Waals surface area contributed by atoms with E-state index in [4.69, 9.17) is 14.2 Å². The molecule has 1 aliphatic heterocycles. The zero-order valence-electron chi connectivity index (χ0n) is 21.5. The van der Waals surface area contributed by atoms with Gasteiger partial charge in [-0.1, -0.05) is 19.3 Å². The lowest BCUT2D eigenvalue weighted by molar-refractivity contribution is 0.190. The number of hydrogen-bond donors (Lipinski definition) is 0. The van der Waals surface area contributed by atoms with Gasteiger partial charge in [-0.05, 0) is 59.7 Å². The standard InChI is InChI=1S/C27H36N6O3/c1-34-22-11-9-20(10-12-22)31-15-17-32(18-16-31)26(24-14-13-23(35-2)19-25(24)36-3)27-28-29-30-33(27)21-7-5-4-6-8-21/h9-14,19,21,26H,4-8,15-18H2,1-3H3/t26-/m0/s1. The van der Waals surface area contributed by atoms with Crippen molar-refractivity contribution < 1.29 is 14.2 Å². The molecule has 0 radical (unpaired) electrons. The van der Waals surface area contributed by atoms with Crippen LogP contribution in [0.2, 0.25) is 0 Å². The summed E-state index contributed by atoms with van der Waals surface area (Å²) in [6.45, 7) is 3.57. The minimum absolute atomic E-state index is 0.110. The van der Waals surface area contributed by atoms with Crippen molar-refractivity contribution in [3.63, 3.8) is 0 Å². The minimum atomic E-state index is -0.110. The molecule has 0 amide bonds. The van der Waals surface area contributed by atoms with Crippen LogP contribution in [-0.4, -0.2) is 72.6 Å². The van der Waals surface area contributed by atoms with Crippen LogP contribution < -0.4 is 19.1 Å². The summed E-state index contributed by atoms with van der Waals surface area (Å²) >= 11 is 0. The van der Waals surface area contributed by atoms with Crippen LogP contribution in [0.1, 0.15) is 55.6 Å². The molecule has 192 valence electrons. The Labute approximate surface area is 212 Å². The van der Waals surface area contributed by atoms with Crippen LogP contribution in [0.3, 0.4) is 0 Å². The molecule has 0 spiro atoms. The van der Waals surface area contributed by atoms with Gasteiger partial charge in [-0.2, -0.15) is 0 Å². The first-order valence-electron chi connectivity index (χ1n) is 12.8. The van der Waals surface area contributed by atoms with Crippen molar-refractivity contribution in [1.82, 2.24) is 25.1 Å². The largest absolute Gasteiger partial charge is 0.497 e. The number of piperazine rings is 1. The highest BCUT2D eigenvalue weighted by Gasteiger charge is 2.34. The smallest absolute Gasteiger partial charge is 0.173 e. The lowest BCUT2D eigenvalue weighted by atomic mass is 9.94. The highest BCUT2D eigenvalue weighted by atomic mass is 16.5. The number of aromatic nitrogens is 4. The van der Waals surface area contributed by atoms with Gasteiger partial charge in [-0.25, -0.2) is 4.68 Å². The average molecular weight is 493 g/mol. The monoisotopic (exact) mass is 492 g/mol. The van der Waals surface area contributed by atoms with E-state index < -0.39 is 0 Å². The fourth-order valence-corrected chi connectivity index (χ4v) is 5.54.